The van der Waals surface area contributed by atoms with Crippen LogP contribution in [0.25, 0.3) is 11.3 Å². The van der Waals surface area contributed by atoms with Crippen LogP contribution >= 0.6 is 0 Å². The van der Waals surface area contributed by atoms with Gasteiger partial charge in [0.15, 0.2) is 0 Å². The van der Waals surface area contributed by atoms with E-state index < -0.39 is 48.0 Å². The van der Waals surface area contributed by atoms with Gasteiger partial charge in [-0.25, -0.2) is 22.9 Å². The first-order valence-electron chi connectivity index (χ1n) is 13.8. The second-order valence-corrected chi connectivity index (χ2v) is 11.6. The number of aliphatic hydroxyl groups excluding tert-OH is 1. The second kappa shape index (κ2) is 13.1. The molecule has 1 fully saturated rings. The van der Waals surface area contributed by atoms with Crippen LogP contribution in [0.15, 0.2) is 54.7 Å². The topological polar surface area (TPSA) is 96.9 Å². The number of amides is 1. The van der Waals surface area contributed by atoms with Gasteiger partial charge in [0.05, 0.1) is 24.4 Å². The summed E-state index contributed by atoms with van der Waals surface area (Å²) in [5.41, 5.74) is 6.39. The molecule has 0 radical (unpaired) electrons. The molecule has 3 N–H and O–H groups in total. The Morgan fingerprint density at radius 3 is 2.59 bits per heavy atom. The zero-order chi connectivity index (χ0) is 29.7. The van der Waals surface area contributed by atoms with E-state index in [4.69, 9.17) is 15.6 Å². The van der Waals surface area contributed by atoms with E-state index in [2.05, 4.69) is 0 Å². The zero-order valence-electron chi connectivity index (χ0n) is 23.6. The Morgan fingerprint density at radius 1 is 1.22 bits per heavy atom. The minimum Gasteiger partial charge on any atom is -0.392 e. The first-order valence-corrected chi connectivity index (χ1v) is 13.8. The van der Waals surface area contributed by atoms with Crippen molar-refractivity contribution in [2.75, 3.05) is 26.3 Å². The molecule has 8 nitrogen and oxygen atoms in total. The number of benzene rings is 2. The molecule has 222 valence electrons. The van der Waals surface area contributed by atoms with E-state index >= 15 is 0 Å². The lowest BCUT2D eigenvalue weighted by Gasteiger charge is -2.40. The summed E-state index contributed by atoms with van der Waals surface area (Å²) < 4.78 is 44.2. The number of nitrogens with two attached hydrogens (primary N) is 1. The summed E-state index contributed by atoms with van der Waals surface area (Å²) in [6.07, 6.45) is 0.964. The van der Waals surface area contributed by atoms with Crippen molar-refractivity contribution in [2.45, 2.75) is 58.3 Å². The normalized spacial score (nSPS) is 17.4. The predicted octanol–water partition coefficient (Wildman–Crippen LogP) is 5.07. The highest BCUT2D eigenvalue weighted by Crippen LogP contribution is 2.40. The highest BCUT2D eigenvalue weighted by atomic mass is 19.1. The Kier molecular flexibility index (Phi) is 9.72. The van der Waals surface area contributed by atoms with Crippen LogP contribution in [0.5, 0.6) is 0 Å². The first-order chi connectivity index (χ1) is 19.5. The number of carbonyl (C=O) groups is 1. The monoisotopic (exact) mass is 573 g/mol. The van der Waals surface area contributed by atoms with Crippen molar-refractivity contribution >= 4 is 6.09 Å². The molecule has 1 amide bonds. The molecule has 41 heavy (non-hydrogen) atoms. The lowest BCUT2D eigenvalue weighted by molar-refractivity contribution is -0.109. The summed E-state index contributed by atoms with van der Waals surface area (Å²) in [5.74, 6) is -0.814. The molecule has 0 spiro atoms. The summed E-state index contributed by atoms with van der Waals surface area (Å²) in [6, 6.07) is 11.2. The third kappa shape index (κ3) is 7.66. The molecule has 3 atom stereocenters. The van der Waals surface area contributed by atoms with E-state index in [9.17, 15) is 23.1 Å². The van der Waals surface area contributed by atoms with Crippen molar-refractivity contribution in [3.05, 3.63) is 77.8 Å². The number of rotatable bonds is 10. The average Bonchev–Trinajstić information content (AvgIpc) is 3.52. The minimum atomic E-state index is -0.791. The van der Waals surface area contributed by atoms with Crippen LogP contribution in [0.2, 0.25) is 0 Å². The quantitative estimate of drug-likeness (QED) is 0.352. The van der Waals surface area contributed by atoms with Gasteiger partial charge in [-0.1, -0.05) is 51.1 Å². The molecule has 2 aromatic carbocycles. The summed E-state index contributed by atoms with van der Waals surface area (Å²) in [6.45, 7) is 5.98. The van der Waals surface area contributed by atoms with E-state index in [0.29, 0.717) is 25.3 Å². The third-order valence-corrected chi connectivity index (χ3v) is 7.09. The number of alkyl halides is 1. The molecule has 4 rings (SSSR count). The minimum absolute atomic E-state index is 0.00893. The van der Waals surface area contributed by atoms with Crippen molar-refractivity contribution in [3.8, 4) is 11.3 Å². The molecule has 2 heterocycles. The molecule has 0 aliphatic carbocycles. The van der Waals surface area contributed by atoms with Crippen LogP contribution in [-0.4, -0.2) is 69.2 Å². The molecule has 1 aliphatic rings. The van der Waals surface area contributed by atoms with E-state index in [-0.39, 0.29) is 30.8 Å². The maximum Gasteiger partial charge on any atom is 0.429 e. The molecule has 1 saturated heterocycles. The van der Waals surface area contributed by atoms with Crippen LogP contribution in [0.4, 0.5) is 18.0 Å². The lowest BCUT2D eigenvalue weighted by Crippen LogP contribution is -2.46. The van der Waals surface area contributed by atoms with E-state index in [1.54, 1.807) is 6.20 Å². The molecule has 3 aromatic rings. The van der Waals surface area contributed by atoms with Gasteiger partial charge in [0, 0.05) is 37.4 Å². The van der Waals surface area contributed by atoms with Gasteiger partial charge in [0.1, 0.15) is 24.1 Å². The van der Waals surface area contributed by atoms with E-state index in [1.165, 1.54) is 9.96 Å². The summed E-state index contributed by atoms with van der Waals surface area (Å²) >= 11 is 0. The number of imidazole rings is 1. The predicted molar refractivity (Wildman–Crippen MR) is 149 cm³/mol. The molecule has 0 saturated carbocycles. The Labute approximate surface area is 238 Å². The van der Waals surface area contributed by atoms with E-state index in [0.717, 1.165) is 23.8 Å². The number of hydrogen-bond acceptors (Lipinski definition) is 6. The average molecular weight is 574 g/mol. The van der Waals surface area contributed by atoms with Gasteiger partial charge >= 0.3 is 6.09 Å². The molecule has 1 aliphatic heterocycles. The third-order valence-electron chi connectivity index (χ3n) is 7.09. The number of hydroxylamine groups is 2. The maximum atomic E-state index is 14.9. The first kappa shape index (κ1) is 30.5. The molecular weight excluding hydrogens is 535 g/mol. The van der Waals surface area contributed by atoms with Crippen LogP contribution in [0.1, 0.15) is 51.0 Å². The fourth-order valence-electron chi connectivity index (χ4n) is 5.04. The summed E-state index contributed by atoms with van der Waals surface area (Å²) in [4.78, 5) is 25.6. The van der Waals surface area contributed by atoms with Gasteiger partial charge in [0.2, 0.25) is 0 Å². The van der Waals surface area contributed by atoms with Crippen molar-refractivity contribution in [2.24, 2.45) is 11.1 Å². The van der Waals surface area contributed by atoms with Gasteiger partial charge in [-0.2, -0.15) is 0 Å². The van der Waals surface area contributed by atoms with Gasteiger partial charge < -0.3 is 20.2 Å². The SMILES string of the molecule is CC(C)(C)[C@H](c1nc(-c2cc(F)ccc2F)cn1Cc1ccccc1)N(CC[C@H](N)CF)C(=O)ON1CC[C@H](O)C1. The molecule has 0 bridgehead atoms. The molecule has 0 unspecified atom stereocenters. The Bertz CT molecular complexity index is 1310. The van der Waals surface area contributed by atoms with Gasteiger partial charge in [-0.15, -0.1) is 5.06 Å². The molecular formula is C30H38F3N5O3. The van der Waals surface area contributed by atoms with Gasteiger partial charge in [-0.05, 0) is 42.0 Å². The van der Waals surface area contributed by atoms with Gasteiger partial charge in [-0.3, -0.25) is 4.90 Å². The zero-order valence-corrected chi connectivity index (χ0v) is 23.6. The number of β-amino-alcohol motifs (C(OH)–C–C–N with tert-alkyl or cyclic N) is 1. The van der Waals surface area contributed by atoms with Crippen LogP contribution in [0, 0.1) is 17.0 Å². The fraction of sp³-hybridized carbons (Fsp3) is 0.467. The second-order valence-electron chi connectivity index (χ2n) is 11.6. The smallest absolute Gasteiger partial charge is 0.392 e. The van der Waals surface area contributed by atoms with Crippen molar-refractivity contribution in [1.82, 2.24) is 19.5 Å². The van der Waals surface area contributed by atoms with Crippen molar-refractivity contribution in [3.63, 3.8) is 0 Å². The maximum absolute atomic E-state index is 14.9. The number of nitrogens with zero attached hydrogens (tertiary/aromatic N) is 4. The Morgan fingerprint density at radius 2 is 1.95 bits per heavy atom. The fourth-order valence-corrected chi connectivity index (χ4v) is 5.04. The van der Waals surface area contributed by atoms with Crippen molar-refractivity contribution < 1.29 is 27.9 Å². The van der Waals surface area contributed by atoms with Crippen LogP contribution < -0.4 is 5.73 Å². The van der Waals surface area contributed by atoms with E-state index in [1.807, 2.05) is 55.7 Å². The number of aliphatic hydroxyl groups is 1. The van der Waals surface area contributed by atoms with Crippen molar-refractivity contribution in [1.29, 1.82) is 0 Å². The Balaban J connectivity index is 1.82. The van der Waals surface area contributed by atoms with Crippen LogP contribution in [0.3, 0.4) is 0 Å². The number of halogens is 3. The highest BCUT2D eigenvalue weighted by molar-refractivity contribution is 5.68. The van der Waals surface area contributed by atoms with Gasteiger partial charge in [0.25, 0.3) is 0 Å². The number of carbonyl (C=O) groups excluding carboxylic acids is 1. The lowest BCUT2D eigenvalue weighted by atomic mass is 9.84. The summed E-state index contributed by atoms with van der Waals surface area (Å²) in [5, 5.41) is 11.3. The molecule has 11 heteroatoms. The summed E-state index contributed by atoms with van der Waals surface area (Å²) in [7, 11) is 0. The standard InChI is InChI=1S/C30H38F3N5O3/c1-30(2,3)27(38(14-11-22(34)16-31)29(40)41-37-13-12-23(39)18-37)28-35-26(24-15-21(32)9-10-25(24)33)19-36(28)17-20-7-5-4-6-8-20/h4-10,15,19,22-23,27,39H,11-14,16-18,34H2,1-3H3/t22-,23-,27-/m0/s1. The Hall–Kier alpha value is -3.41. The van der Waals surface area contributed by atoms with Crippen LogP contribution in [-0.2, 0) is 11.4 Å². The number of hydrogen-bond donors (Lipinski definition) is 2. The number of aromatic nitrogens is 2. The molecule has 1 aromatic heterocycles. The highest BCUT2D eigenvalue weighted by Gasteiger charge is 2.40. The largest absolute Gasteiger partial charge is 0.429 e.